The van der Waals surface area contributed by atoms with Crippen LogP contribution in [-0.4, -0.2) is 32.2 Å². The van der Waals surface area contributed by atoms with E-state index in [0.29, 0.717) is 19.1 Å². The summed E-state index contributed by atoms with van der Waals surface area (Å²) in [6, 6.07) is 0. The molecule has 3 heteroatoms. The molecule has 0 amide bonds. The van der Waals surface area contributed by atoms with E-state index >= 15 is 0 Å². The monoisotopic (exact) mass is 172 g/mol. The van der Waals surface area contributed by atoms with Crippen LogP contribution in [0.1, 0.15) is 19.8 Å². The van der Waals surface area contributed by atoms with Gasteiger partial charge in [0, 0.05) is 5.92 Å². The van der Waals surface area contributed by atoms with Crippen LogP contribution < -0.4 is 0 Å². The van der Waals surface area contributed by atoms with Crippen LogP contribution in [0.4, 0.5) is 0 Å². The zero-order valence-corrected chi connectivity index (χ0v) is 7.54. The van der Waals surface area contributed by atoms with Gasteiger partial charge in [-0.3, -0.25) is 0 Å². The van der Waals surface area contributed by atoms with Gasteiger partial charge in [-0.05, 0) is 6.42 Å². The molecule has 3 nitrogen and oxygen atoms in total. The summed E-state index contributed by atoms with van der Waals surface area (Å²) in [7, 11) is 0. The molecule has 12 heavy (non-hydrogen) atoms. The summed E-state index contributed by atoms with van der Waals surface area (Å²) >= 11 is 0. The maximum absolute atomic E-state index is 5.62. The van der Waals surface area contributed by atoms with Crippen LogP contribution in [0, 0.1) is 5.92 Å². The van der Waals surface area contributed by atoms with E-state index in [9.17, 15) is 0 Å². The van der Waals surface area contributed by atoms with E-state index in [0.717, 1.165) is 13.2 Å². The van der Waals surface area contributed by atoms with Crippen molar-refractivity contribution in [3.8, 4) is 0 Å². The summed E-state index contributed by atoms with van der Waals surface area (Å²) in [5, 5.41) is 0. The van der Waals surface area contributed by atoms with E-state index in [2.05, 4.69) is 6.92 Å². The van der Waals surface area contributed by atoms with Crippen LogP contribution in [0.2, 0.25) is 0 Å². The number of ether oxygens (including phenoxy) is 3. The third-order valence-electron chi connectivity index (χ3n) is 2.51. The van der Waals surface area contributed by atoms with Crippen LogP contribution in [0.25, 0.3) is 0 Å². The molecule has 0 radical (unpaired) electrons. The van der Waals surface area contributed by atoms with Gasteiger partial charge < -0.3 is 14.2 Å². The molecule has 0 bridgehead atoms. The van der Waals surface area contributed by atoms with E-state index in [1.165, 1.54) is 12.8 Å². The molecule has 2 aliphatic heterocycles. The Labute approximate surface area is 73.0 Å². The molecule has 0 atom stereocenters. The second-order valence-electron chi connectivity index (χ2n) is 3.68. The lowest BCUT2D eigenvalue weighted by Gasteiger charge is -2.45. The van der Waals surface area contributed by atoms with Crippen molar-refractivity contribution in [3.63, 3.8) is 0 Å². The quantitative estimate of drug-likeness (QED) is 0.626. The summed E-state index contributed by atoms with van der Waals surface area (Å²) in [5.41, 5.74) is 0. The normalized spacial score (nSPS) is 28.8. The minimum absolute atomic E-state index is 0.343. The Balaban J connectivity index is 1.77. The van der Waals surface area contributed by atoms with Gasteiger partial charge >= 0.3 is 0 Å². The Morgan fingerprint density at radius 3 is 2.33 bits per heavy atom. The molecule has 0 N–H and O–H groups in total. The van der Waals surface area contributed by atoms with Gasteiger partial charge in [-0.1, -0.05) is 13.3 Å². The molecule has 2 fully saturated rings. The molecule has 2 rings (SSSR count). The summed E-state index contributed by atoms with van der Waals surface area (Å²) in [6.45, 7) is 5.11. The van der Waals surface area contributed by atoms with E-state index in [1.54, 1.807) is 0 Å². The van der Waals surface area contributed by atoms with Crippen molar-refractivity contribution in [2.24, 2.45) is 5.92 Å². The lowest BCUT2D eigenvalue weighted by Crippen LogP contribution is -2.58. The number of hydrogen-bond donors (Lipinski definition) is 0. The minimum Gasteiger partial charge on any atom is -0.370 e. The van der Waals surface area contributed by atoms with Gasteiger partial charge in [0.05, 0.1) is 13.2 Å². The lowest BCUT2D eigenvalue weighted by molar-refractivity contribution is -0.370. The second kappa shape index (κ2) is 3.32. The topological polar surface area (TPSA) is 27.7 Å². The van der Waals surface area contributed by atoms with Crippen molar-refractivity contribution >= 4 is 0 Å². The van der Waals surface area contributed by atoms with E-state index in [4.69, 9.17) is 14.2 Å². The second-order valence-corrected chi connectivity index (χ2v) is 3.68. The highest BCUT2D eigenvalue weighted by atomic mass is 16.8. The molecule has 0 unspecified atom stereocenters. The lowest BCUT2D eigenvalue weighted by atomic mass is 10.0. The van der Waals surface area contributed by atoms with Crippen LogP contribution >= 0.6 is 0 Å². The largest absolute Gasteiger partial charge is 0.370 e. The Bertz CT molecular complexity index is 144. The first-order chi connectivity index (χ1) is 5.85. The Kier molecular flexibility index (Phi) is 2.35. The summed E-state index contributed by atoms with van der Waals surface area (Å²) in [5.74, 6) is 0.255. The molecule has 0 aliphatic carbocycles. The SMILES string of the molecule is CCCC1COC2(COC2)OC1. The molecular weight excluding hydrogens is 156 g/mol. The Morgan fingerprint density at radius 1 is 1.25 bits per heavy atom. The first-order valence-corrected chi connectivity index (χ1v) is 4.70. The van der Waals surface area contributed by atoms with E-state index < -0.39 is 0 Å². The van der Waals surface area contributed by atoms with Gasteiger partial charge in [0.25, 0.3) is 0 Å². The fraction of sp³-hybridized carbons (Fsp3) is 1.00. The van der Waals surface area contributed by atoms with Gasteiger partial charge in [0.1, 0.15) is 13.2 Å². The third-order valence-corrected chi connectivity index (χ3v) is 2.51. The number of hydrogen-bond acceptors (Lipinski definition) is 3. The first-order valence-electron chi connectivity index (χ1n) is 4.70. The molecule has 0 aromatic rings. The highest BCUT2D eigenvalue weighted by Crippen LogP contribution is 2.29. The summed E-state index contributed by atoms with van der Waals surface area (Å²) < 4.78 is 16.3. The standard InChI is InChI=1S/C9H16O3/c1-2-3-8-4-11-9(12-5-8)6-10-7-9/h8H,2-7H2,1H3. The van der Waals surface area contributed by atoms with Crippen LogP contribution in [0.5, 0.6) is 0 Å². The summed E-state index contributed by atoms with van der Waals surface area (Å²) in [6.07, 6.45) is 2.41. The van der Waals surface area contributed by atoms with Crippen molar-refractivity contribution in [3.05, 3.63) is 0 Å². The molecule has 70 valence electrons. The molecule has 2 saturated heterocycles. The Morgan fingerprint density at radius 2 is 1.92 bits per heavy atom. The van der Waals surface area contributed by atoms with Crippen LogP contribution in [-0.2, 0) is 14.2 Å². The average Bonchev–Trinajstić information content (AvgIpc) is 2.04. The van der Waals surface area contributed by atoms with Gasteiger partial charge in [0.2, 0.25) is 5.79 Å². The smallest absolute Gasteiger partial charge is 0.216 e. The highest BCUT2D eigenvalue weighted by Gasteiger charge is 2.44. The van der Waals surface area contributed by atoms with Crippen LogP contribution in [0.15, 0.2) is 0 Å². The fourth-order valence-electron chi connectivity index (χ4n) is 1.64. The van der Waals surface area contributed by atoms with E-state index in [-0.39, 0.29) is 5.79 Å². The van der Waals surface area contributed by atoms with Crippen molar-refractivity contribution in [2.45, 2.75) is 25.6 Å². The van der Waals surface area contributed by atoms with Crippen molar-refractivity contribution in [1.29, 1.82) is 0 Å². The molecular formula is C9H16O3. The van der Waals surface area contributed by atoms with Crippen molar-refractivity contribution < 1.29 is 14.2 Å². The maximum Gasteiger partial charge on any atom is 0.216 e. The van der Waals surface area contributed by atoms with Crippen molar-refractivity contribution in [1.82, 2.24) is 0 Å². The predicted octanol–water partition coefficient (Wildman–Crippen LogP) is 1.18. The van der Waals surface area contributed by atoms with Gasteiger partial charge in [0.15, 0.2) is 0 Å². The zero-order valence-electron chi connectivity index (χ0n) is 7.54. The molecule has 0 aromatic carbocycles. The van der Waals surface area contributed by atoms with E-state index in [1.807, 2.05) is 0 Å². The zero-order chi connectivity index (χ0) is 8.44. The van der Waals surface area contributed by atoms with Gasteiger partial charge in [-0.15, -0.1) is 0 Å². The number of rotatable bonds is 2. The first kappa shape index (κ1) is 8.48. The predicted molar refractivity (Wildman–Crippen MR) is 43.9 cm³/mol. The highest BCUT2D eigenvalue weighted by molar-refractivity contribution is 4.81. The minimum atomic E-state index is -0.343. The fourth-order valence-corrected chi connectivity index (χ4v) is 1.64. The van der Waals surface area contributed by atoms with Crippen LogP contribution in [0.3, 0.4) is 0 Å². The van der Waals surface area contributed by atoms with Crippen molar-refractivity contribution in [2.75, 3.05) is 26.4 Å². The van der Waals surface area contributed by atoms with Gasteiger partial charge in [-0.2, -0.15) is 0 Å². The Hall–Kier alpha value is -0.120. The molecule has 0 saturated carbocycles. The summed E-state index contributed by atoms with van der Waals surface area (Å²) in [4.78, 5) is 0. The maximum atomic E-state index is 5.62. The molecule has 2 heterocycles. The molecule has 2 aliphatic rings. The van der Waals surface area contributed by atoms with Gasteiger partial charge in [-0.25, -0.2) is 0 Å². The average molecular weight is 172 g/mol. The third kappa shape index (κ3) is 1.49. The molecule has 0 aromatic heterocycles. The molecule has 1 spiro atoms.